The molecule has 4 nitrogen and oxygen atoms in total. The van der Waals surface area contributed by atoms with Gasteiger partial charge in [-0.05, 0) is 24.6 Å². The molecule has 1 amide bonds. The summed E-state index contributed by atoms with van der Waals surface area (Å²) >= 11 is 0. The molecule has 4 N–H and O–H groups in total. The molecule has 0 atom stereocenters. The molecule has 0 spiro atoms. The van der Waals surface area contributed by atoms with Gasteiger partial charge < -0.3 is 11.5 Å². The summed E-state index contributed by atoms with van der Waals surface area (Å²) in [6.07, 6.45) is 3.25. The molecule has 0 aliphatic carbocycles. The molecular weight excluding hydrogens is 190 g/mol. The number of carbonyl (C=O) groups excluding carboxylic acids is 1. The third kappa shape index (κ3) is 1.50. The molecule has 0 saturated heterocycles. The maximum absolute atomic E-state index is 11.1. The molecule has 1 heterocycles. The lowest BCUT2D eigenvalue weighted by Crippen LogP contribution is -2.12. The number of benzene rings is 1. The van der Waals surface area contributed by atoms with Crippen LogP contribution in [0.5, 0.6) is 0 Å². The van der Waals surface area contributed by atoms with E-state index in [1.807, 2.05) is 13.0 Å². The Bertz CT molecular complexity index is 549. The number of carbonyl (C=O) groups is 1. The van der Waals surface area contributed by atoms with Gasteiger partial charge in [-0.2, -0.15) is 0 Å². The van der Waals surface area contributed by atoms with Gasteiger partial charge in [-0.1, -0.05) is 0 Å². The topological polar surface area (TPSA) is 82.0 Å². The second kappa shape index (κ2) is 3.24. The van der Waals surface area contributed by atoms with E-state index in [9.17, 15) is 4.79 Å². The standard InChI is InChI=1S/C11H11N3O/c1-6-2-9-7(3-8(6)11(13)15)4-14-5-10(9)12/h2-5H,12H2,1H3,(H2,13,15). The molecule has 0 bridgehead atoms. The second-order valence-electron chi connectivity index (χ2n) is 3.48. The number of anilines is 1. The zero-order valence-electron chi connectivity index (χ0n) is 8.32. The Kier molecular flexibility index (Phi) is 2.04. The average Bonchev–Trinajstić information content (AvgIpc) is 2.18. The summed E-state index contributed by atoms with van der Waals surface area (Å²) in [7, 11) is 0. The molecule has 2 rings (SSSR count). The van der Waals surface area contributed by atoms with Gasteiger partial charge in [-0.15, -0.1) is 0 Å². The fourth-order valence-electron chi connectivity index (χ4n) is 1.61. The van der Waals surface area contributed by atoms with Crippen molar-refractivity contribution < 1.29 is 4.79 Å². The zero-order chi connectivity index (χ0) is 11.0. The van der Waals surface area contributed by atoms with Crippen LogP contribution in [0.2, 0.25) is 0 Å². The smallest absolute Gasteiger partial charge is 0.248 e. The van der Waals surface area contributed by atoms with Crippen molar-refractivity contribution in [1.82, 2.24) is 4.98 Å². The first-order valence-corrected chi connectivity index (χ1v) is 4.53. The monoisotopic (exact) mass is 201 g/mol. The molecule has 0 aliphatic heterocycles. The Balaban J connectivity index is 2.82. The number of amides is 1. The molecule has 0 fully saturated rings. The lowest BCUT2D eigenvalue weighted by atomic mass is 10.0. The predicted octanol–water partition coefficient (Wildman–Crippen LogP) is 1.22. The number of nitrogens with two attached hydrogens (primary N) is 2. The highest BCUT2D eigenvalue weighted by Gasteiger charge is 2.07. The Morgan fingerprint density at radius 2 is 2.07 bits per heavy atom. The molecular formula is C11H11N3O. The second-order valence-corrected chi connectivity index (χ2v) is 3.48. The van der Waals surface area contributed by atoms with Crippen molar-refractivity contribution in [2.24, 2.45) is 5.73 Å². The first-order valence-electron chi connectivity index (χ1n) is 4.53. The summed E-state index contributed by atoms with van der Waals surface area (Å²) in [5, 5.41) is 1.72. The van der Waals surface area contributed by atoms with Crippen LogP contribution in [-0.2, 0) is 0 Å². The number of hydrogen-bond acceptors (Lipinski definition) is 3. The van der Waals surface area contributed by atoms with Crippen LogP contribution >= 0.6 is 0 Å². The Hall–Kier alpha value is -2.10. The van der Waals surface area contributed by atoms with E-state index in [1.54, 1.807) is 18.5 Å². The van der Waals surface area contributed by atoms with E-state index in [2.05, 4.69) is 4.98 Å². The third-order valence-electron chi connectivity index (χ3n) is 2.40. The summed E-state index contributed by atoms with van der Waals surface area (Å²) < 4.78 is 0. The van der Waals surface area contributed by atoms with Crippen molar-refractivity contribution in [3.63, 3.8) is 0 Å². The molecule has 0 saturated carbocycles. The number of nitrogens with zero attached hydrogens (tertiary/aromatic N) is 1. The lowest BCUT2D eigenvalue weighted by molar-refractivity contribution is 0.1000. The molecule has 0 unspecified atom stereocenters. The fourth-order valence-corrected chi connectivity index (χ4v) is 1.61. The summed E-state index contributed by atoms with van der Waals surface area (Å²) in [5.74, 6) is -0.433. The SMILES string of the molecule is Cc1cc2c(N)cncc2cc1C(N)=O. The van der Waals surface area contributed by atoms with Crippen molar-refractivity contribution >= 4 is 22.4 Å². The summed E-state index contributed by atoms with van der Waals surface area (Å²) in [5.41, 5.74) is 13.0. The maximum Gasteiger partial charge on any atom is 0.248 e. The minimum atomic E-state index is -0.433. The molecule has 76 valence electrons. The highest BCUT2D eigenvalue weighted by Crippen LogP contribution is 2.23. The predicted molar refractivity (Wildman–Crippen MR) is 59.4 cm³/mol. The molecule has 2 aromatic rings. The minimum Gasteiger partial charge on any atom is -0.397 e. The van der Waals surface area contributed by atoms with Crippen LogP contribution in [0.25, 0.3) is 10.8 Å². The van der Waals surface area contributed by atoms with Crippen molar-refractivity contribution in [3.8, 4) is 0 Å². The maximum atomic E-state index is 11.1. The zero-order valence-corrected chi connectivity index (χ0v) is 8.32. The van der Waals surface area contributed by atoms with Crippen molar-refractivity contribution in [1.29, 1.82) is 0 Å². The number of pyridine rings is 1. The van der Waals surface area contributed by atoms with Gasteiger partial charge >= 0.3 is 0 Å². The highest BCUT2D eigenvalue weighted by atomic mass is 16.1. The van der Waals surface area contributed by atoms with Crippen molar-refractivity contribution in [2.75, 3.05) is 5.73 Å². The largest absolute Gasteiger partial charge is 0.397 e. The number of nitrogen functional groups attached to an aromatic ring is 1. The normalized spacial score (nSPS) is 10.5. The van der Waals surface area contributed by atoms with Crippen LogP contribution in [0.15, 0.2) is 24.5 Å². The van der Waals surface area contributed by atoms with E-state index in [0.29, 0.717) is 11.3 Å². The first-order chi connectivity index (χ1) is 7.09. The van der Waals surface area contributed by atoms with Gasteiger partial charge in [0.25, 0.3) is 0 Å². The van der Waals surface area contributed by atoms with Gasteiger partial charge in [0, 0.05) is 22.5 Å². The van der Waals surface area contributed by atoms with E-state index in [4.69, 9.17) is 11.5 Å². The van der Waals surface area contributed by atoms with Gasteiger partial charge in [0.1, 0.15) is 0 Å². The van der Waals surface area contributed by atoms with Crippen LogP contribution in [0.3, 0.4) is 0 Å². The molecule has 1 aromatic heterocycles. The van der Waals surface area contributed by atoms with Gasteiger partial charge in [0.2, 0.25) is 5.91 Å². The fraction of sp³-hybridized carbons (Fsp3) is 0.0909. The quantitative estimate of drug-likeness (QED) is 0.727. The van der Waals surface area contributed by atoms with E-state index < -0.39 is 5.91 Å². The minimum absolute atomic E-state index is 0.433. The number of rotatable bonds is 1. The Morgan fingerprint density at radius 1 is 1.33 bits per heavy atom. The van der Waals surface area contributed by atoms with E-state index in [1.165, 1.54) is 0 Å². The summed E-state index contributed by atoms with van der Waals surface area (Å²) in [6.45, 7) is 1.83. The van der Waals surface area contributed by atoms with Gasteiger partial charge in [-0.3, -0.25) is 9.78 Å². The Morgan fingerprint density at radius 3 is 2.73 bits per heavy atom. The molecule has 0 radical (unpaired) electrons. The van der Waals surface area contributed by atoms with Gasteiger partial charge in [-0.25, -0.2) is 0 Å². The van der Waals surface area contributed by atoms with Crippen LogP contribution < -0.4 is 11.5 Å². The first kappa shape index (κ1) is 9.45. The van der Waals surface area contributed by atoms with Crippen LogP contribution in [-0.4, -0.2) is 10.9 Å². The van der Waals surface area contributed by atoms with Crippen LogP contribution in [0.4, 0.5) is 5.69 Å². The van der Waals surface area contributed by atoms with Gasteiger partial charge in [0.05, 0.1) is 11.9 Å². The van der Waals surface area contributed by atoms with Gasteiger partial charge in [0.15, 0.2) is 0 Å². The third-order valence-corrected chi connectivity index (χ3v) is 2.40. The summed E-state index contributed by atoms with van der Waals surface area (Å²) in [4.78, 5) is 15.1. The number of fused-ring (bicyclic) bond motifs is 1. The van der Waals surface area contributed by atoms with E-state index in [-0.39, 0.29) is 0 Å². The highest BCUT2D eigenvalue weighted by molar-refractivity contribution is 6.01. The molecule has 1 aromatic carbocycles. The number of hydrogen-bond donors (Lipinski definition) is 2. The van der Waals surface area contributed by atoms with E-state index >= 15 is 0 Å². The van der Waals surface area contributed by atoms with E-state index in [0.717, 1.165) is 16.3 Å². The summed E-state index contributed by atoms with van der Waals surface area (Å²) in [6, 6.07) is 3.57. The molecule has 15 heavy (non-hydrogen) atoms. The molecule has 0 aliphatic rings. The molecule has 4 heteroatoms. The lowest BCUT2D eigenvalue weighted by Gasteiger charge is -2.06. The number of primary amides is 1. The van der Waals surface area contributed by atoms with Crippen molar-refractivity contribution in [3.05, 3.63) is 35.7 Å². The Labute approximate surface area is 86.9 Å². The average molecular weight is 201 g/mol. The van der Waals surface area contributed by atoms with Crippen LogP contribution in [0.1, 0.15) is 15.9 Å². The number of aryl methyl sites for hydroxylation is 1. The van der Waals surface area contributed by atoms with Crippen LogP contribution in [0, 0.1) is 6.92 Å². The van der Waals surface area contributed by atoms with Crippen molar-refractivity contribution in [2.45, 2.75) is 6.92 Å². The number of aromatic nitrogens is 1.